The molecule has 0 atom stereocenters. The molecule has 3 rings (SSSR count). The van der Waals surface area contributed by atoms with E-state index in [9.17, 15) is 13.6 Å². The summed E-state index contributed by atoms with van der Waals surface area (Å²) in [5, 5.41) is 3.05. The Labute approximate surface area is 186 Å². The smallest absolute Gasteiger partial charge is 0.319 e. The van der Waals surface area contributed by atoms with Gasteiger partial charge < -0.3 is 14.8 Å². The molecule has 0 saturated carbocycles. The average Bonchev–Trinajstić information content (AvgIpc) is 2.73. The molecule has 0 heterocycles. The Morgan fingerprint density at radius 1 is 0.968 bits per heavy atom. The molecular weight excluding hydrogens is 424 g/mol. The molecule has 0 aromatic heterocycles. The summed E-state index contributed by atoms with van der Waals surface area (Å²) >= 11 is 0. The fraction of sp³-hybridized carbons (Fsp3) is 0.208. The van der Waals surface area contributed by atoms with Gasteiger partial charge in [0.1, 0.15) is 24.0 Å². The lowest BCUT2D eigenvalue weighted by molar-refractivity contribution is -0.142. The van der Waals surface area contributed by atoms with Crippen LogP contribution in [0.25, 0.3) is 11.1 Å². The van der Waals surface area contributed by atoms with E-state index >= 15 is 0 Å². The highest BCUT2D eigenvalue weighted by molar-refractivity contribution is 5.85. The predicted molar refractivity (Wildman–Crippen MR) is 118 cm³/mol. The highest BCUT2D eigenvalue weighted by atomic mass is 35.5. The van der Waals surface area contributed by atoms with Crippen molar-refractivity contribution in [3.63, 3.8) is 0 Å². The molecule has 0 unspecified atom stereocenters. The summed E-state index contributed by atoms with van der Waals surface area (Å²) < 4.78 is 37.7. The molecule has 0 amide bonds. The van der Waals surface area contributed by atoms with Crippen LogP contribution in [0.1, 0.15) is 18.1 Å². The van der Waals surface area contributed by atoms with Crippen molar-refractivity contribution in [3.8, 4) is 16.9 Å². The largest absolute Gasteiger partial charge is 0.489 e. The Bertz CT molecular complexity index is 996. The highest BCUT2D eigenvalue weighted by Gasteiger charge is 2.07. The zero-order valence-corrected chi connectivity index (χ0v) is 17.9. The third-order valence-electron chi connectivity index (χ3n) is 4.40. The molecular formula is C24H24ClF2NO3. The lowest BCUT2D eigenvalue weighted by Crippen LogP contribution is -2.24. The number of carbonyl (C=O) groups excluding carboxylic acids is 1. The number of hydrogen-bond donors (Lipinski definition) is 1. The van der Waals surface area contributed by atoms with Crippen molar-refractivity contribution in [2.45, 2.75) is 20.1 Å². The fourth-order valence-electron chi connectivity index (χ4n) is 2.97. The minimum atomic E-state index is -0.602. The predicted octanol–water partition coefficient (Wildman–Crippen LogP) is 5.29. The molecule has 0 aliphatic heterocycles. The summed E-state index contributed by atoms with van der Waals surface area (Å²) in [7, 11) is 0. The van der Waals surface area contributed by atoms with E-state index in [0.29, 0.717) is 36.6 Å². The second kappa shape index (κ2) is 12.0. The maximum atomic E-state index is 13.9. The molecule has 0 aliphatic rings. The van der Waals surface area contributed by atoms with E-state index < -0.39 is 11.6 Å². The van der Waals surface area contributed by atoms with Gasteiger partial charge in [0.2, 0.25) is 0 Å². The van der Waals surface area contributed by atoms with Crippen molar-refractivity contribution in [1.82, 2.24) is 5.32 Å². The zero-order chi connectivity index (χ0) is 21.3. The van der Waals surface area contributed by atoms with Crippen LogP contribution in [0.4, 0.5) is 8.78 Å². The van der Waals surface area contributed by atoms with Crippen molar-refractivity contribution in [3.05, 3.63) is 89.5 Å². The monoisotopic (exact) mass is 447 g/mol. The molecule has 0 saturated heterocycles. The minimum absolute atomic E-state index is 0. The van der Waals surface area contributed by atoms with Gasteiger partial charge >= 0.3 is 5.97 Å². The van der Waals surface area contributed by atoms with Crippen molar-refractivity contribution < 1.29 is 23.0 Å². The van der Waals surface area contributed by atoms with Crippen LogP contribution in [-0.2, 0) is 22.7 Å². The Kier molecular flexibility index (Phi) is 9.43. The quantitative estimate of drug-likeness (QED) is 0.453. The van der Waals surface area contributed by atoms with Gasteiger partial charge in [-0.3, -0.25) is 4.79 Å². The van der Waals surface area contributed by atoms with E-state index in [1.807, 2.05) is 24.3 Å². The van der Waals surface area contributed by atoms with Crippen molar-refractivity contribution in [1.29, 1.82) is 0 Å². The molecule has 1 N–H and O–H groups in total. The summed E-state index contributed by atoms with van der Waals surface area (Å²) in [5.41, 5.74) is 3.00. The number of ether oxygens (including phenoxy) is 2. The molecule has 0 radical (unpaired) electrons. The van der Waals surface area contributed by atoms with Gasteiger partial charge in [-0.25, -0.2) is 8.78 Å². The average molecular weight is 448 g/mol. The van der Waals surface area contributed by atoms with Crippen LogP contribution in [0.3, 0.4) is 0 Å². The van der Waals surface area contributed by atoms with Crippen LogP contribution in [-0.4, -0.2) is 19.1 Å². The van der Waals surface area contributed by atoms with E-state index in [0.717, 1.165) is 17.2 Å². The molecule has 0 aliphatic carbocycles. The third-order valence-corrected chi connectivity index (χ3v) is 4.40. The first-order chi connectivity index (χ1) is 14.5. The Morgan fingerprint density at radius 2 is 1.71 bits per heavy atom. The van der Waals surface area contributed by atoms with Crippen LogP contribution >= 0.6 is 12.4 Å². The van der Waals surface area contributed by atoms with Gasteiger partial charge in [0, 0.05) is 18.2 Å². The van der Waals surface area contributed by atoms with Gasteiger partial charge in [-0.15, -0.1) is 12.4 Å². The van der Waals surface area contributed by atoms with E-state index in [4.69, 9.17) is 9.47 Å². The number of hydrogen-bond acceptors (Lipinski definition) is 4. The summed E-state index contributed by atoms with van der Waals surface area (Å²) in [6.07, 6.45) is 0. The lowest BCUT2D eigenvalue weighted by Gasteiger charge is -2.10. The van der Waals surface area contributed by atoms with Crippen molar-refractivity contribution in [2.24, 2.45) is 0 Å². The number of carbonyl (C=O) groups is 1. The van der Waals surface area contributed by atoms with Crippen LogP contribution in [0.5, 0.6) is 5.75 Å². The molecule has 4 nitrogen and oxygen atoms in total. The topological polar surface area (TPSA) is 47.6 Å². The van der Waals surface area contributed by atoms with Crippen molar-refractivity contribution in [2.75, 3.05) is 13.2 Å². The Morgan fingerprint density at radius 3 is 2.42 bits per heavy atom. The number of halogens is 3. The van der Waals surface area contributed by atoms with Gasteiger partial charge in [0.05, 0.1) is 13.2 Å². The first kappa shape index (κ1) is 24.3. The van der Waals surface area contributed by atoms with Crippen LogP contribution < -0.4 is 10.1 Å². The lowest BCUT2D eigenvalue weighted by atomic mass is 10.1. The van der Waals surface area contributed by atoms with Crippen LogP contribution in [0, 0.1) is 11.6 Å². The molecule has 7 heteroatoms. The molecule has 3 aromatic rings. The molecule has 164 valence electrons. The van der Waals surface area contributed by atoms with Crippen molar-refractivity contribution >= 4 is 18.4 Å². The maximum absolute atomic E-state index is 13.9. The number of rotatable bonds is 9. The van der Waals surface area contributed by atoms with Gasteiger partial charge in [-0.05, 0) is 47.9 Å². The molecule has 0 fully saturated rings. The van der Waals surface area contributed by atoms with Gasteiger partial charge in [-0.2, -0.15) is 0 Å². The number of benzene rings is 3. The first-order valence-electron chi connectivity index (χ1n) is 9.67. The van der Waals surface area contributed by atoms with Gasteiger partial charge in [0.15, 0.2) is 0 Å². The fourth-order valence-corrected chi connectivity index (χ4v) is 2.97. The summed E-state index contributed by atoms with van der Waals surface area (Å²) in [6.45, 7) is 3.22. The number of nitrogens with one attached hydrogen (secondary N) is 1. The summed E-state index contributed by atoms with van der Waals surface area (Å²) in [5.74, 6) is -0.834. The van der Waals surface area contributed by atoms with Crippen LogP contribution in [0.2, 0.25) is 0 Å². The van der Waals surface area contributed by atoms with E-state index in [-0.39, 0.29) is 24.9 Å². The normalized spacial score (nSPS) is 10.3. The third kappa shape index (κ3) is 7.35. The highest BCUT2D eigenvalue weighted by Crippen LogP contribution is 2.26. The summed E-state index contributed by atoms with van der Waals surface area (Å²) in [6, 6.07) is 18.4. The first-order valence-corrected chi connectivity index (χ1v) is 9.67. The van der Waals surface area contributed by atoms with E-state index in [2.05, 4.69) is 5.32 Å². The minimum Gasteiger partial charge on any atom is -0.489 e. The standard InChI is InChI=1S/C24H23F2NO3.ClH/c1-2-29-24(28)15-27-14-17-4-3-5-18(12-17)16-30-21-9-6-19(7-10-21)22-11-8-20(25)13-23(22)26;/h3-13,27H,2,14-16H2,1H3;1H. The zero-order valence-electron chi connectivity index (χ0n) is 17.1. The summed E-state index contributed by atoms with van der Waals surface area (Å²) in [4.78, 5) is 11.4. The second-order valence-electron chi connectivity index (χ2n) is 6.67. The molecule has 3 aromatic carbocycles. The second-order valence-corrected chi connectivity index (χ2v) is 6.67. The van der Waals surface area contributed by atoms with E-state index in [1.165, 1.54) is 12.1 Å². The Balaban J connectivity index is 0.00000341. The SMILES string of the molecule is CCOC(=O)CNCc1cccc(COc2ccc(-c3ccc(F)cc3F)cc2)c1.Cl. The number of esters is 1. The molecule has 31 heavy (non-hydrogen) atoms. The van der Waals surface area contributed by atoms with Gasteiger partial charge in [-0.1, -0.05) is 36.4 Å². The van der Waals surface area contributed by atoms with Gasteiger partial charge in [0.25, 0.3) is 0 Å². The molecule has 0 spiro atoms. The maximum Gasteiger partial charge on any atom is 0.319 e. The Hall–Kier alpha value is -2.96. The van der Waals surface area contributed by atoms with E-state index in [1.54, 1.807) is 31.2 Å². The molecule has 0 bridgehead atoms. The van der Waals surface area contributed by atoms with Crippen LogP contribution in [0.15, 0.2) is 66.7 Å².